The second-order valence-corrected chi connectivity index (χ2v) is 8.93. The first-order chi connectivity index (χ1) is 15.7. The fourth-order valence-electron chi connectivity index (χ4n) is 3.12. The van der Waals surface area contributed by atoms with Crippen LogP contribution in [0.5, 0.6) is 0 Å². The van der Waals surface area contributed by atoms with Crippen LogP contribution in [0.4, 0.5) is 4.79 Å². The number of rotatable bonds is 14. The highest BCUT2D eigenvalue weighted by atomic mass is 16.6. The number of nitrogens with zero attached hydrogens (tertiary/aromatic N) is 1. The van der Waals surface area contributed by atoms with E-state index in [4.69, 9.17) is 14.2 Å². The van der Waals surface area contributed by atoms with Gasteiger partial charge in [-0.3, -0.25) is 9.59 Å². The molecule has 0 saturated carbocycles. The quantitative estimate of drug-likeness (QED) is 0.329. The lowest BCUT2D eigenvalue weighted by Crippen LogP contribution is -2.51. The molecule has 1 N–H and O–H groups in total. The molecule has 0 aliphatic heterocycles. The first kappa shape index (κ1) is 28.4. The summed E-state index contributed by atoms with van der Waals surface area (Å²) in [5.74, 6) is -0.900. The Balaban J connectivity index is 2.89. The normalized spacial score (nSPS) is 12.0. The number of esters is 1. The van der Waals surface area contributed by atoms with Gasteiger partial charge in [0.15, 0.2) is 0 Å². The van der Waals surface area contributed by atoms with Crippen molar-refractivity contribution < 1.29 is 28.6 Å². The lowest BCUT2D eigenvalue weighted by molar-refractivity contribution is -0.148. The van der Waals surface area contributed by atoms with Crippen molar-refractivity contribution in [3.8, 4) is 0 Å². The Kier molecular flexibility index (Phi) is 13.1. The van der Waals surface area contributed by atoms with Gasteiger partial charge in [-0.15, -0.1) is 0 Å². The number of methoxy groups -OCH3 is 1. The van der Waals surface area contributed by atoms with Gasteiger partial charge in [0, 0.05) is 26.8 Å². The molecule has 1 aromatic carbocycles. The van der Waals surface area contributed by atoms with E-state index in [-0.39, 0.29) is 18.9 Å². The zero-order valence-electron chi connectivity index (χ0n) is 20.7. The van der Waals surface area contributed by atoms with Crippen LogP contribution in [0.2, 0.25) is 0 Å². The number of alkyl carbamates (subject to hydrolysis) is 1. The minimum Gasteiger partial charge on any atom is -0.461 e. The number of nitrogens with one attached hydrogen (secondary N) is 1. The van der Waals surface area contributed by atoms with E-state index in [0.717, 1.165) is 24.8 Å². The lowest BCUT2D eigenvalue weighted by Gasteiger charge is -2.28. The van der Waals surface area contributed by atoms with Gasteiger partial charge in [-0.05, 0) is 39.2 Å². The first-order valence-electron chi connectivity index (χ1n) is 11.6. The Hall–Kier alpha value is -2.61. The molecule has 1 aromatic rings. The van der Waals surface area contributed by atoms with Crippen LogP contribution >= 0.6 is 0 Å². The van der Waals surface area contributed by atoms with Crippen molar-refractivity contribution >= 4 is 18.0 Å². The first-order valence-corrected chi connectivity index (χ1v) is 11.6. The Labute approximate surface area is 198 Å². The zero-order valence-corrected chi connectivity index (χ0v) is 20.7. The number of hydrogen-bond acceptors (Lipinski definition) is 6. The summed E-state index contributed by atoms with van der Waals surface area (Å²) < 4.78 is 15.8. The SMILES string of the molecule is CCCCCN(CCCOC)C(=O)[C@H](CC(=O)OCc1ccccc1)NC(=O)OC(C)(C)C. The van der Waals surface area contributed by atoms with Crippen molar-refractivity contribution in [2.45, 2.75) is 78.0 Å². The molecule has 0 radical (unpaired) electrons. The third kappa shape index (κ3) is 12.9. The van der Waals surface area contributed by atoms with Gasteiger partial charge in [0.05, 0.1) is 6.42 Å². The maximum Gasteiger partial charge on any atom is 0.408 e. The molecule has 1 rings (SSSR count). The molecule has 8 heteroatoms. The third-order valence-corrected chi connectivity index (χ3v) is 4.72. The molecule has 0 aromatic heterocycles. The Morgan fingerprint density at radius 3 is 2.30 bits per heavy atom. The van der Waals surface area contributed by atoms with E-state index in [9.17, 15) is 14.4 Å². The smallest absolute Gasteiger partial charge is 0.408 e. The van der Waals surface area contributed by atoms with E-state index < -0.39 is 23.7 Å². The molecule has 0 heterocycles. The molecule has 33 heavy (non-hydrogen) atoms. The molecule has 0 bridgehead atoms. The number of carbonyl (C=O) groups is 3. The van der Waals surface area contributed by atoms with E-state index in [2.05, 4.69) is 12.2 Å². The summed E-state index contributed by atoms with van der Waals surface area (Å²) in [6.45, 7) is 8.93. The third-order valence-electron chi connectivity index (χ3n) is 4.72. The number of ether oxygens (including phenoxy) is 3. The Morgan fingerprint density at radius 2 is 1.70 bits per heavy atom. The highest BCUT2D eigenvalue weighted by Gasteiger charge is 2.30. The summed E-state index contributed by atoms with van der Waals surface area (Å²) in [6, 6.07) is 8.20. The van der Waals surface area contributed by atoms with Gasteiger partial charge < -0.3 is 24.4 Å². The van der Waals surface area contributed by atoms with Crippen LogP contribution < -0.4 is 5.32 Å². The van der Waals surface area contributed by atoms with Gasteiger partial charge in [0.2, 0.25) is 5.91 Å². The molecule has 0 unspecified atom stereocenters. The molecule has 0 spiro atoms. The molecule has 0 saturated heterocycles. The molecule has 186 valence electrons. The molecule has 2 amide bonds. The van der Waals surface area contributed by atoms with Gasteiger partial charge in [-0.25, -0.2) is 4.79 Å². The van der Waals surface area contributed by atoms with E-state index in [1.54, 1.807) is 32.8 Å². The fourth-order valence-corrected chi connectivity index (χ4v) is 3.12. The summed E-state index contributed by atoms with van der Waals surface area (Å²) in [7, 11) is 1.61. The predicted octanol–water partition coefficient (Wildman–Crippen LogP) is 4.07. The van der Waals surface area contributed by atoms with Crippen molar-refractivity contribution in [2.75, 3.05) is 26.8 Å². The highest BCUT2D eigenvalue weighted by molar-refractivity contribution is 5.89. The van der Waals surface area contributed by atoms with Crippen LogP contribution in [0.3, 0.4) is 0 Å². The highest BCUT2D eigenvalue weighted by Crippen LogP contribution is 2.11. The van der Waals surface area contributed by atoms with Gasteiger partial charge in [-0.2, -0.15) is 0 Å². The number of hydrogen-bond donors (Lipinski definition) is 1. The summed E-state index contributed by atoms with van der Waals surface area (Å²) in [4.78, 5) is 40.0. The molecular formula is C25H40N2O6. The topological polar surface area (TPSA) is 94.2 Å². The minimum atomic E-state index is -1.08. The predicted molar refractivity (Wildman–Crippen MR) is 127 cm³/mol. The Bertz CT molecular complexity index is 707. The molecule has 8 nitrogen and oxygen atoms in total. The molecule has 0 aliphatic rings. The van der Waals surface area contributed by atoms with Crippen molar-refractivity contribution in [3.63, 3.8) is 0 Å². The number of carbonyl (C=O) groups excluding carboxylic acids is 3. The van der Waals surface area contributed by atoms with E-state index in [1.807, 2.05) is 30.3 Å². The number of benzene rings is 1. The van der Waals surface area contributed by atoms with Crippen molar-refractivity contribution in [2.24, 2.45) is 0 Å². The van der Waals surface area contributed by atoms with E-state index in [0.29, 0.717) is 26.1 Å². The molecular weight excluding hydrogens is 424 g/mol. The summed E-state index contributed by atoms with van der Waals surface area (Å²) >= 11 is 0. The molecule has 0 fully saturated rings. The van der Waals surface area contributed by atoms with Crippen molar-refractivity contribution in [1.82, 2.24) is 10.2 Å². The average molecular weight is 465 g/mol. The fraction of sp³-hybridized carbons (Fsp3) is 0.640. The van der Waals surface area contributed by atoms with Gasteiger partial charge in [0.1, 0.15) is 18.2 Å². The van der Waals surface area contributed by atoms with Crippen LogP contribution in [0, 0.1) is 0 Å². The van der Waals surface area contributed by atoms with Crippen LogP contribution in [-0.4, -0.2) is 61.3 Å². The minimum absolute atomic E-state index is 0.0983. The molecule has 0 aliphatic carbocycles. The van der Waals surface area contributed by atoms with Gasteiger partial charge in [-0.1, -0.05) is 50.1 Å². The van der Waals surface area contributed by atoms with Crippen LogP contribution in [0.1, 0.15) is 65.4 Å². The van der Waals surface area contributed by atoms with Crippen molar-refractivity contribution in [3.05, 3.63) is 35.9 Å². The second-order valence-electron chi connectivity index (χ2n) is 8.93. The average Bonchev–Trinajstić information content (AvgIpc) is 2.75. The van der Waals surface area contributed by atoms with Crippen LogP contribution in [-0.2, 0) is 30.4 Å². The monoisotopic (exact) mass is 464 g/mol. The van der Waals surface area contributed by atoms with Crippen LogP contribution in [0.15, 0.2) is 30.3 Å². The molecule has 1 atom stereocenters. The summed E-state index contributed by atoms with van der Waals surface area (Å²) in [6.07, 6.45) is 2.48. The lowest BCUT2D eigenvalue weighted by atomic mass is 10.1. The van der Waals surface area contributed by atoms with Crippen molar-refractivity contribution in [1.29, 1.82) is 0 Å². The second kappa shape index (κ2) is 15.3. The maximum absolute atomic E-state index is 13.3. The van der Waals surface area contributed by atoms with E-state index >= 15 is 0 Å². The van der Waals surface area contributed by atoms with Crippen LogP contribution in [0.25, 0.3) is 0 Å². The zero-order chi connectivity index (χ0) is 24.7. The Morgan fingerprint density at radius 1 is 1.03 bits per heavy atom. The summed E-state index contributed by atoms with van der Waals surface area (Å²) in [5, 5.41) is 2.58. The van der Waals surface area contributed by atoms with E-state index in [1.165, 1.54) is 0 Å². The van der Waals surface area contributed by atoms with Gasteiger partial charge in [0.25, 0.3) is 0 Å². The van der Waals surface area contributed by atoms with Gasteiger partial charge >= 0.3 is 12.1 Å². The summed E-state index contributed by atoms with van der Waals surface area (Å²) in [5.41, 5.74) is 0.111. The largest absolute Gasteiger partial charge is 0.461 e. The number of unbranched alkanes of at least 4 members (excludes halogenated alkanes) is 2. The maximum atomic E-state index is 13.3. The number of amides is 2. The standard InChI is InChI=1S/C25H40N2O6/c1-6-7-11-15-27(16-12-17-31-5)23(29)21(26-24(30)33-25(2,3)4)18-22(28)32-19-20-13-9-8-10-14-20/h8-10,13-14,21H,6-7,11-12,15-19H2,1-5H3,(H,26,30)/t21-/m0/s1.